The Bertz CT molecular complexity index is 670. The van der Waals surface area contributed by atoms with Gasteiger partial charge in [-0.05, 0) is 6.92 Å². The fourth-order valence-electron chi connectivity index (χ4n) is 1.93. The van der Waals surface area contributed by atoms with Crippen LogP contribution >= 0.6 is 0 Å². The van der Waals surface area contributed by atoms with Gasteiger partial charge in [0.25, 0.3) is 0 Å². The summed E-state index contributed by atoms with van der Waals surface area (Å²) in [5.74, 6) is 6.68. The van der Waals surface area contributed by atoms with Crippen LogP contribution in [0.15, 0.2) is 48.8 Å². The summed E-state index contributed by atoms with van der Waals surface area (Å²) in [6.07, 6.45) is 3.98. The van der Waals surface area contributed by atoms with E-state index < -0.39 is 0 Å². The van der Waals surface area contributed by atoms with E-state index in [0.717, 1.165) is 22.5 Å². The maximum atomic E-state index is 5.87. The molecule has 2 N–H and O–H groups in total. The fourth-order valence-corrected chi connectivity index (χ4v) is 1.93. The summed E-state index contributed by atoms with van der Waals surface area (Å²) in [6, 6.07) is 12.1. The molecule has 0 bridgehead atoms. The van der Waals surface area contributed by atoms with Gasteiger partial charge in [-0.15, -0.1) is 0 Å². The highest BCUT2D eigenvalue weighted by atomic mass is 15.3. The van der Waals surface area contributed by atoms with Gasteiger partial charge in [0.1, 0.15) is 11.3 Å². The lowest BCUT2D eigenvalue weighted by Crippen LogP contribution is -2.29. The normalized spacial score (nSPS) is 10.9. The molecule has 0 aliphatic carbocycles. The zero-order valence-corrected chi connectivity index (χ0v) is 9.54. The summed E-state index contributed by atoms with van der Waals surface area (Å²) < 4.78 is 3.64. The van der Waals surface area contributed by atoms with E-state index in [1.807, 2.05) is 48.1 Å². The molecule has 1 aromatic carbocycles. The highest BCUT2D eigenvalue weighted by Gasteiger charge is 2.11. The fraction of sp³-hybridized carbons (Fsp3) is 0.0769. The van der Waals surface area contributed by atoms with E-state index in [1.165, 1.54) is 0 Å². The van der Waals surface area contributed by atoms with Crippen molar-refractivity contribution in [1.82, 2.24) is 9.66 Å². The number of para-hydroxylation sites is 1. The number of rotatable bonds is 1. The number of fused-ring (bicyclic) bond motifs is 1. The van der Waals surface area contributed by atoms with Crippen molar-refractivity contribution in [2.45, 2.75) is 6.92 Å². The highest BCUT2D eigenvalue weighted by Crippen LogP contribution is 2.11. The summed E-state index contributed by atoms with van der Waals surface area (Å²) in [7, 11) is 0. The van der Waals surface area contributed by atoms with Gasteiger partial charge in [-0.3, -0.25) is 0 Å². The first kappa shape index (κ1) is 9.84. The first-order valence-corrected chi connectivity index (χ1v) is 5.46. The third-order valence-electron chi connectivity index (χ3n) is 2.86. The molecule has 2 heterocycles. The number of hydrogen-bond acceptors (Lipinski definition) is 2. The molecule has 0 saturated carbocycles. The van der Waals surface area contributed by atoms with Crippen LogP contribution in [-0.2, 0) is 0 Å². The Morgan fingerprint density at radius 1 is 1.18 bits per heavy atom. The number of nitrogen functional groups attached to an aromatic ring is 1. The SMILES string of the molecule is Cc1nc2c[n+](-c3ccccc3)ccc2n1N. The van der Waals surface area contributed by atoms with E-state index in [0.29, 0.717) is 0 Å². The second-order valence-corrected chi connectivity index (χ2v) is 3.99. The molecule has 3 rings (SSSR count). The van der Waals surface area contributed by atoms with Gasteiger partial charge in [0.05, 0.1) is 0 Å². The predicted octanol–water partition coefficient (Wildman–Crippen LogP) is 1.34. The Hall–Kier alpha value is -2.36. The number of nitrogens with zero attached hydrogens (tertiary/aromatic N) is 3. The number of aryl methyl sites for hydroxylation is 1. The van der Waals surface area contributed by atoms with E-state index in [9.17, 15) is 0 Å². The van der Waals surface area contributed by atoms with Gasteiger partial charge in [-0.25, -0.2) is 9.66 Å². The second-order valence-electron chi connectivity index (χ2n) is 3.99. The van der Waals surface area contributed by atoms with Crippen molar-refractivity contribution in [3.63, 3.8) is 0 Å². The average molecular weight is 225 g/mol. The summed E-state index contributed by atoms with van der Waals surface area (Å²) in [4.78, 5) is 4.42. The van der Waals surface area contributed by atoms with Gasteiger partial charge in [-0.1, -0.05) is 18.2 Å². The van der Waals surface area contributed by atoms with Gasteiger partial charge in [0.15, 0.2) is 11.7 Å². The second kappa shape index (κ2) is 3.59. The van der Waals surface area contributed by atoms with Gasteiger partial charge in [-0.2, -0.15) is 4.57 Å². The minimum Gasteiger partial charge on any atom is -0.337 e. The van der Waals surface area contributed by atoms with Gasteiger partial charge >= 0.3 is 0 Å². The molecule has 0 saturated heterocycles. The smallest absolute Gasteiger partial charge is 0.210 e. The summed E-state index contributed by atoms with van der Waals surface area (Å²) in [5, 5.41) is 0. The quantitative estimate of drug-likeness (QED) is 0.502. The van der Waals surface area contributed by atoms with E-state index in [1.54, 1.807) is 4.68 Å². The minimum absolute atomic E-state index is 0.811. The molecule has 2 aromatic heterocycles. The van der Waals surface area contributed by atoms with Crippen molar-refractivity contribution >= 4 is 11.0 Å². The molecule has 3 aromatic rings. The molecule has 0 atom stereocenters. The molecule has 0 radical (unpaired) electrons. The Balaban J connectivity index is 2.21. The molecule has 0 fully saturated rings. The van der Waals surface area contributed by atoms with Gasteiger partial charge < -0.3 is 5.84 Å². The number of pyridine rings is 1. The summed E-state index contributed by atoms with van der Waals surface area (Å²) >= 11 is 0. The molecular formula is C13H13N4+. The first-order valence-electron chi connectivity index (χ1n) is 5.46. The summed E-state index contributed by atoms with van der Waals surface area (Å²) in [6.45, 7) is 1.90. The number of hydrogen-bond donors (Lipinski definition) is 1. The molecule has 0 unspecified atom stereocenters. The Labute approximate surface area is 98.9 Å². The van der Waals surface area contributed by atoms with E-state index in [-0.39, 0.29) is 0 Å². The van der Waals surface area contributed by atoms with Crippen molar-refractivity contribution in [3.05, 3.63) is 54.6 Å². The molecule has 0 aliphatic heterocycles. The van der Waals surface area contributed by atoms with E-state index in [2.05, 4.69) is 17.1 Å². The molecule has 4 heteroatoms. The molecule has 0 amide bonds. The van der Waals surface area contributed by atoms with E-state index in [4.69, 9.17) is 5.84 Å². The minimum atomic E-state index is 0.811. The van der Waals surface area contributed by atoms with Crippen LogP contribution < -0.4 is 10.4 Å². The number of benzene rings is 1. The van der Waals surface area contributed by atoms with Crippen LogP contribution in [0.5, 0.6) is 0 Å². The van der Waals surface area contributed by atoms with Crippen LogP contribution in [0, 0.1) is 6.92 Å². The predicted molar refractivity (Wildman–Crippen MR) is 66.2 cm³/mol. The first-order chi connectivity index (χ1) is 8.25. The van der Waals surface area contributed by atoms with Crippen LogP contribution in [0.3, 0.4) is 0 Å². The molecule has 0 aliphatic rings. The van der Waals surface area contributed by atoms with Crippen molar-refractivity contribution < 1.29 is 4.57 Å². The molecule has 17 heavy (non-hydrogen) atoms. The number of nitrogens with two attached hydrogens (primary N) is 1. The molecule has 84 valence electrons. The highest BCUT2D eigenvalue weighted by molar-refractivity contribution is 5.73. The van der Waals surface area contributed by atoms with E-state index >= 15 is 0 Å². The average Bonchev–Trinajstić information content (AvgIpc) is 2.66. The number of aromatic nitrogens is 3. The standard InChI is InChI=1S/C13H13N4/c1-10-15-12-9-16(8-7-13(12)17(10)14)11-5-3-2-4-6-11/h2-9H,14H2,1H3/q+1. The largest absolute Gasteiger partial charge is 0.337 e. The van der Waals surface area contributed by atoms with Crippen LogP contribution in [0.4, 0.5) is 0 Å². The van der Waals surface area contributed by atoms with Crippen LogP contribution in [0.2, 0.25) is 0 Å². The zero-order chi connectivity index (χ0) is 11.8. The Morgan fingerprint density at radius 2 is 1.94 bits per heavy atom. The Morgan fingerprint density at radius 3 is 2.71 bits per heavy atom. The lowest BCUT2D eigenvalue weighted by molar-refractivity contribution is -0.594. The van der Waals surface area contributed by atoms with Crippen molar-refractivity contribution in [1.29, 1.82) is 0 Å². The van der Waals surface area contributed by atoms with Crippen molar-refractivity contribution in [3.8, 4) is 5.69 Å². The van der Waals surface area contributed by atoms with Crippen molar-refractivity contribution in [2.75, 3.05) is 5.84 Å². The summed E-state index contributed by atoms with van der Waals surface area (Å²) in [5.41, 5.74) is 2.95. The maximum Gasteiger partial charge on any atom is 0.210 e. The third kappa shape index (κ3) is 1.54. The maximum absolute atomic E-state index is 5.87. The Kier molecular flexibility index (Phi) is 2.08. The topological polar surface area (TPSA) is 47.7 Å². The van der Waals surface area contributed by atoms with Crippen LogP contribution in [0.25, 0.3) is 16.7 Å². The number of imidazole rings is 1. The zero-order valence-electron chi connectivity index (χ0n) is 9.54. The molecule has 4 nitrogen and oxygen atoms in total. The monoisotopic (exact) mass is 225 g/mol. The van der Waals surface area contributed by atoms with Crippen LogP contribution in [-0.4, -0.2) is 9.66 Å². The lowest BCUT2D eigenvalue weighted by Gasteiger charge is -1.96. The van der Waals surface area contributed by atoms with Gasteiger partial charge in [0, 0.05) is 18.2 Å². The van der Waals surface area contributed by atoms with Gasteiger partial charge in [0.2, 0.25) is 11.9 Å². The van der Waals surface area contributed by atoms with Crippen molar-refractivity contribution in [2.24, 2.45) is 0 Å². The molecular weight excluding hydrogens is 212 g/mol. The third-order valence-corrected chi connectivity index (χ3v) is 2.86. The van der Waals surface area contributed by atoms with Crippen LogP contribution in [0.1, 0.15) is 5.82 Å². The molecule has 0 spiro atoms. The lowest BCUT2D eigenvalue weighted by atomic mass is 10.3.